The van der Waals surface area contributed by atoms with Gasteiger partial charge in [-0.3, -0.25) is 23.9 Å². The van der Waals surface area contributed by atoms with Crippen molar-refractivity contribution >= 4 is 23.3 Å². The normalized spacial score (nSPS) is 24.9. The van der Waals surface area contributed by atoms with Crippen LogP contribution in [0.1, 0.15) is 59.8 Å². The van der Waals surface area contributed by atoms with Gasteiger partial charge in [0.25, 0.3) is 5.56 Å². The SMILES string of the molecule is COCCCN(C(=O)[C@@H]1CC(=O)N([C@@H]2CCC[C@@H](C)[C@@H]2C)C1)c1c(N)n(CC(C)C)c(=O)[nH]c1=O. The number of ether oxygens (including phenoxy) is 1. The smallest absolute Gasteiger partial charge is 0.330 e. The number of methoxy groups -OCH3 is 1. The fourth-order valence-corrected chi connectivity index (χ4v) is 5.52. The van der Waals surface area contributed by atoms with Crippen LogP contribution in [0.15, 0.2) is 9.59 Å². The number of H-pyrrole nitrogens is 1. The molecule has 0 radical (unpaired) electrons. The molecule has 2 amide bonds. The van der Waals surface area contributed by atoms with Crippen LogP contribution in [0.3, 0.4) is 0 Å². The first-order chi connectivity index (χ1) is 16.6. The average molecular weight is 492 g/mol. The number of hydrogen-bond acceptors (Lipinski definition) is 6. The van der Waals surface area contributed by atoms with Crippen molar-refractivity contribution in [3.05, 3.63) is 20.8 Å². The molecule has 2 aliphatic rings. The van der Waals surface area contributed by atoms with Crippen LogP contribution in [0, 0.1) is 23.7 Å². The Kier molecular flexibility index (Phi) is 8.79. The Balaban J connectivity index is 1.92. The number of amides is 2. The summed E-state index contributed by atoms with van der Waals surface area (Å²) in [6.07, 6.45) is 3.77. The molecule has 0 bridgehead atoms. The summed E-state index contributed by atoms with van der Waals surface area (Å²) in [6, 6.07) is 0.132. The minimum Gasteiger partial charge on any atom is -0.385 e. The average Bonchev–Trinajstić information content (AvgIpc) is 3.18. The number of carbonyl (C=O) groups excluding carboxylic acids is 2. The first-order valence-corrected chi connectivity index (χ1v) is 12.8. The molecule has 35 heavy (non-hydrogen) atoms. The lowest BCUT2D eigenvalue weighted by atomic mass is 9.77. The summed E-state index contributed by atoms with van der Waals surface area (Å²) >= 11 is 0. The van der Waals surface area contributed by atoms with Gasteiger partial charge in [0, 0.05) is 45.8 Å². The standard InChI is InChI=1S/C25H41N5O5/c1-15(2)13-30-22(26)21(23(32)27-25(30)34)28(10-7-11-35-5)24(33)18-12-20(31)29(14-18)19-9-6-8-16(3)17(19)4/h15-19H,6-14,26H2,1-5H3,(H,27,32,34)/t16-,17+,18-,19-/m1/s1. The second-order valence-electron chi connectivity index (χ2n) is 10.6. The molecule has 196 valence electrons. The fourth-order valence-electron chi connectivity index (χ4n) is 5.52. The van der Waals surface area contributed by atoms with E-state index in [1.165, 1.54) is 9.47 Å². The summed E-state index contributed by atoms with van der Waals surface area (Å²) in [7, 11) is 1.57. The lowest BCUT2D eigenvalue weighted by Gasteiger charge is -2.40. The van der Waals surface area contributed by atoms with E-state index in [9.17, 15) is 19.2 Å². The highest BCUT2D eigenvalue weighted by Gasteiger charge is 2.43. The highest BCUT2D eigenvalue weighted by atomic mass is 16.5. The van der Waals surface area contributed by atoms with E-state index in [4.69, 9.17) is 10.5 Å². The number of aromatic nitrogens is 2. The van der Waals surface area contributed by atoms with E-state index in [0.29, 0.717) is 38.0 Å². The van der Waals surface area contributed by atoms with Crippen molar-refractivity contribution in [3.63, 3.8) is 0 Å². The summed E-state index contributed by atoms with van der Waals surface area (Å²) in [4.78, 5) is 57.7. The maximum atomic E-state index is 13.8. The summed E-state index contributed by atoms with van der Waals surface area (Å²) in [5, 5.41) is 0. The van der Waals surface area contributed by atoms with E-state index in [-0.39, 0.29) is 48.2 Å². The van der Waals surface area contributed by atoms with Crippen molar-refractivity contribution in [1.82, 2.24) is 14.5 Å². The number of nitrogens with one attached hydrogen (secondary N) is 1. The predicted molar refractivity (Wildman–Crippen MR) is 135 cm³/mol. The van der Waals surface area contributed by atoms with Gasteiger partial charge in [0.2, 0.25) is 11.8 Å². The van der Waals surface area contributed by atoms with E-state index in [1.807, 2.05) is 18.7 Å². The van der Waals surface area contributed by atoms with Gasteiger partial charge in [-0.2, -0.15) is 0 Å². The summed E-state index contributed by atoms with van der Waals surface area (Å²) in [5.74, 6) is 0.0676. The van der Waals surface area contributed by atoms with E-state index in [0.717, 1.165) is 19.3 Å². The number of hydrogen-bond donors (Lipinski definition) is 2. The number of carbonyl (C=O) groups is 2. The molecule has 0 unspecified atom stereocenters. The molecule has 3 N–H and O–H groups in total. The van der Waals surface area contributed by atoms with E-state index < -0.39 is 17.2 Å². The zero-order chi connectivity index (χ0) is 25.9. The summed E-state index contributed by atoms with van der Waals surface area (Å²) in [6.45, 7) is 9.51. The Morgan fingerprint density at radius 3 is 2.60 bits per heavy atom. The van der Waals surface area contributed by atoms with Gasteiger partial charge in [-0.05, 0) is 30.6 Å². The van der Waals surface area contributed by atoms with Gasteiger partial charge in [-0.15, -0.1) is 0 Å². The topological polar surface area (TPSA) is 131 Å². The predicted octanol–water partition coefficient (Wildman–Crippen LogP) is 1.82. The first kappa shape index (κ1) is 27.0. The van der Waals surface area contributed by atoms with Crippen LogP contribution in [0.5, 0.6) is 0 Å². The third kappa shape index (κ3) is 5.79. The summed E-state index contributed by atoms with van der Waals surface area (Å²) < 4.78 is 6.45. The van der Waals surface area contributed by atoms with Crippen LogP contribution in [-0.2, 0) is 20.9 Å². The molecule has 1 aliphatic carbocycles. The number of rotatable bonds is 9. The maximum Gasteiger partial charge on any atom is 0.330 e. The molecule has 0 aromatic carbocycles. The Morgan fingerprint density at radius 2 is 1.94 bits per heavy atom. The Bertz CT molecular complexity index is 1030. The van der Waals surface area contributed by atoms with Gasteiger partial charge in [0.05, 0.1) is 5.92 Å². The third-order valence-electron chi connectivity index (χ3n) is 7.60. The van der Waals surface area contributed by atoms with Gasteiger partial charge in [-0.1, -0.05) is 40.5 Å². The van der Waals surface area contributed by atoms with E-state index >= 15 is 0 Å². The largest absolute Gasteiger partial charge is 0.385 e. The molecule has 2 fully saturated rings. The van der Waals surface area contributed by atoms with Crippen LogP contribution in [-0.4, -0.2) is 59.1 Å². The number of aromatic amines is 1. The number of anilines is 2. The number of nitrogen functional groups attached to an aromatic ring is 1. The van der Waals surface area contributed by atoms with E-state index in [2.05, 4.69) is 18.8 Å². The molecule has 0 spiro atoms. The van der Waals surface area contributed by atoms with Crippen molar-refractivity contribution in [2.45, 2.75) is 72.4 Å². The molecular weight excluding hydrogens is 450 g/mol. The van der Waals surface area contributed by atoms with E-state index in [1.54, 1.807) is 7.11 Å². The third-order valence-corrected chi connectivity index (χ3v) is 7.60. The minimum absolute atomic E-state index is 0.0159. The molecule has 10 heteroatoms. The Labute approximate surface area is 206 Å². The highest BCUT2D eigenvalue weighted by Crippen LogP contribution is 2.36. The molecule has 1 aromatic heterocycles. The number of nitrogens with zero attached hydrogens (tertiary/aromatic N) is 3. The van der Waals surface area contributed by atoms with Gasteiger partial charge < -0.3 is 20.3 Å². The molecule has 1 aliphatic heterocycles. The highest BCUT2D eigenvalue weighted by molar-refractivity contribution is 6.00. The van der Waals surface area contributed by atoms with Gasteiger partial charge in [-0.25, -0.2) is 4.79 Å². The zero-order valence-corrected chi connectivity index (χ0v) is 21.7. The Morgan fingerprint density at radius 1 is 1.23 bits per heavy atom. The Hall–Kier alpha value is -2.62. The van der Waals surface area contributed by atoms with Crippen molar-refractivity contribution in [1.29, 1.82) is 0 Å². The molecule has 4 atom stereocenters. The molecule has 10 nitrogen and oxygen atoms in total. The number of nitrogens with two attached hydrogens (primary N) is 1. The molecule has 1 aromatic rings. The molecule has 1 saturated heterocycles. The van der Waals surface area contributed by atoms with Crippen molar-refractivity contribution in [2.24, 2.45) is 23.7 Å². The second kappa shape index (κ2) is 11.4. The van der Waals surface area contributed by atoms with Crippen LogP contribution < -0.4 is 21.9 Å². The lowest BCUT2D eigenvalue weighted by molar-refractivity contribution is -0.132. The van der Waals surface area contributed by atoms with Crippen molar-refractivity contribution in [3.8, 4) is 0 Å². The minimum atomic E-state index is -0.700. The zero-order valence-electron chi connectivity index (χ0n) is 21.7. The van der Waals surface area contributed by atoms with Crippen LogP contribution in [0.2, 0.25) is 0 Å². The van der Waals surface area contributed by atoms with Crippen LogP contribution in [0.25, 0.3) is 0 Å². The number of likely N-dealkylation sites (tertiary alicyclic amines) is 1. The van der Waals surface area contributed by atoms with Crippen molar-refractivity contribution in [2.75, 3.05) is 37.4 Å². The molecular formula is C25H41N5O5. The molecule has 1 saturated carbocycles. The monoisotopic (exact) mass is 491 g/mol. The van der Waals surface area contributed by atoms with Gasteiger partial charge >= 0.3 is 5.69 Å². The lowest BCUT2D eigenvalue weighted by Crippen LogP contribution is -2.47. The van der Waals surface area contributed by atoms with Crippen LogP contribution in [0.4, 0.5) is 11.5 Å². The fraction of sp³-hybridized carbons (Fsp3) is 0.760. The van der Waals surface area contributed by atoms with Crippen LogP contribution >= 0.6 is 0 Å². The molecule has 2 heterocycles. The quantitative estimate of drug-likeness (QED) is 0.507. The second-order valence-corrected chi connectivity index (χ2v) is 10.6. The summed E-state index contributed by atoms with van der Waals surface area (Å²) in [5.41, 5.74) is 4.99. The van der Waals surface area contributed by atoms with Gasteiger partial charge in [0.15, 0.2) is 5.69 Å². The first-order valence-electron chi connectivity index (χ1n) is 12.8. The molecule has 3 rings (SSSR count). The maximum absolute atomic E-state index is 13.8. The van der Waals surface area contributed by atoms with Crippen molar-refractivity contribution < 1.29 is 14.3 Å². The van der Waals surface area contributed by atoms with Gasteiger partial charge in [0.1, 0.15) is 5.82 Å².